The molecule has 3 aromatic carbocycles. The van der Waals surface area contributed by atoms with Crippen molar-refractivity contribution in [3.05, 3.63) is 99.3 Å². The molecule has 36 heavy (non-hydrogen) atoms. The van der Waals surface area contributed by atoms with Gasteiger partial charge in [-0.2, -0.15) is 13.2 Å². The van der Waals surface area contributed by atoms with Crippen LogP contribution in [-0.4, -0.2) is 18.0 Å². The Morgan fingerprint density at radius 1 is 0.944 bits per heavy atom. The third kappa shape index (κ3) is 7.92. The third-order valence-electron chi connectivity index (χ3n) is 4.92. The van der Waals surface area contributed by atoms with Gasteiger partial charge in [-0.25, -0.2) is 9.38 Å². The number of amides is 1. The molecular formula is C24H21Cl2F4N5O. The second-order valence-electron chi connectivity index (χ2n) is 7.75. The summed E-state index contributed by atoms with van der Waals surface area (Å²) in [5, 5.41) is 5.79. The lowest BCUT2D eigenvalue weighted by Crippen LogP contribution is -2.38. The van der Waals surface area contributed by atoms with Gasteiger partial charge in [-0.1, -0.05) is 35.3 Å². The molecule has 0 bridgehead atoms. The van der Waals surface area contributed by atoms with Crippen molar-refractivity contribution >= 4 is 40.8 Å². The molecule has 0 aliphatic rings. The Bertz CT molecular complexity index is 1210. The molecule has 0 radical (unpaired) electrons. The molecule has 0 aliphatic heterocycles. The zero-order valence-corrected chi connectivity index (χ0v) is 20.0. The van der Waals surface area contributed by atoms with Crippen molar-refractivity contribution in [2.24, 2.45) is 16.5 Å². The van der Waals surface area contributed by atoms with Crippen LogP contribution >= 0.6 is 23.2 Å². The second-order valence-corrected chi connectivity index (χ2v) is 8.62. The summed E-state index contributed by atoms with van der Waals surface area (Å²) in [5.74, 6) is -1.60. The van der Waals surface area contributed by atoms with E-state index in [-0.39, 0.29) is 28.7 Å². The van der Waals surface area contributed by atoms with Crippen LogP contribution in [0.25, 0.3) is 0 Å². The van der Waals surface area contributed by atoms with Crippen molar-refractivity contribution in [1.82, 2.24) is 5.32 Å². The largest absolute Gasteiger partial charge is 0.416 e. The number of carbonyl (C=O) groups is 1. The van der Waals surface area contributed by atoms with E-state index in [1.54, 1.807) is 24.3 Å². The molecule has 2 atom stereocenters. The minimum absolute atomic E-state index is 0.0683. The van der Waals surface area contributed by atoms with E-state index in [0.717, 1.165) is 42.0 Å². The number of aliphatic imine (C=N–C) groups is 1. The van der Waals surface area contributed by atoms with Gasteiger partial charge in [-0.15, -0.1) is 0 Å². The molecule has 0 aromatic heterocycles. The highest BCUT2D eigenvalue weighted by Gasteiger charge is 2.30. The van der Waals surface area contributed by atoms with Crippen molar-refractivity contribution in [2.45, 2.75) is 24.8 Å². The summed E-state index contributed by atoms with van der Waals surface area (Å²) in [5.41, 5.74) is 12.3. The van der Waals surface area contributed by atoms with E-state index < -0.39 is 35.7 Å². The van der Waals surface area contributed by atoms with Gasteiger partial charge in [-0.05, 0) is 60.2 Å². The SMILES string of the molecule is NC(CC(N)c1ccc(Cl)cc1)N=C(NC(=O)c1ccc(C(F)(F)F)cc1)Nc1cc(F)cc(Cl)c1. The lowest BCUT2D eigenvalue weighted by Gasteiger charge is -2.18. The maximum absolute atomic E-state index is 13.8. The van der Waals surface area contributed by atoms with Crippen molar-refractivity contribution < 1.29 is 22.4 Å². The summed E-state index contributed by atoms with van der Waals surface area (Å²) < 4.78 is 52.3. The first-order valence-corrected chi connectivity index (χ1v) is 11.2. The number of benzene rings is 3. The molecule has 0 spiro atoms. The summed E-state index contributed by atoms with van der Waals surface area (Å²) in [6, 6.07) is 13.5. The highest BCUT2D eigenvalue weighted by Crippen LogP contribution is 2.29. The van der Waals surface area contributed by atoms with E-state index in [0.29, 0.717) is 5.02 Å². The fraction of sp³-hybridized carbons (Fsp3) is 0.167. The van der Waals surface area contributed by atoms with Gasteiger partial charge in [0.05, 0.1) is 5.56 Å². The quantitative estimate of drug-likeness (QED) is 0.182. The molecule has 3 rings (SSSR count). The minimum Gasteiger partial charge on any atom is -0.326 e. The zero-order valence-electron chi connectivity index (χ0n) is 18.5. The maximum atomic E-state index is 13.8. The van der Waals surface area contributed by atoms with Gasteiger partial charge in [-0.3, -0.25) is 10.1 Å². The number of nitrogens with zero attached hydrogens (tertiary/aromatic N) is 1. The van der Waals surface area contributed by atoms with Gasteiger partial charge in [0.1, 0.15) is 12.0 Å². The number of anilines is 1. The predicted octanol–water partition coefficient (Wildman–Crippen LogP) is 5.72. The van der Waals surface area contributed by atoms with Crippen molar-refractivity contribution in [1.29, 1.82) is 0 Å². The van der Waals surface area contributed by atoms with Crippen LogP contribution in [0.4, 0.5) is 23.2 Å². The lowest BCUT2D eigenvalue weighted by molar-refractivity contribution is -0.137. The average Bonchev–Trinajstić information content (AvgIpc) is 2.78. The van der Waals surface area contributed by atoms with Gasteiger partial charge in [0, 0.05) is 33.8 Å². The van der Waals surface area contributed by atoms with Crippen LogP contribution in [-0.2, 0) is 6.18 Å². The van der Waals surface area contributed by atoms with Gasteiger partial charge in [0.15, 0.2) is 0 Å². The standard InChI is InChI=1S/C24H21Cl2F4N5O/c25-16-7-3-13(4-8-16)20(31)12-21(32)34-23(33-19-10-17(26)9-18(27)11-19)35-22(36)14-1-5-15(6-2-14)24(28,29)30/h1-11,20-21H,12,31-32H2,(H2,33,34,35,36). The van der Waals surface area contributed by atoms with E-state index >= 15 is 0 Å². The summed E-state index contributed by atoms with van der Waals surface area (Å²) in [7, 11) is 0. The van der Waals surface area contributed by atoms with Crippen LogP contribution < -0.4 is 22.1 Å². The second kappa shape index (κ2) is 11.7. The molecule has 1 amide bonds. The van der Waals surface area contributed by atoms with Gasteiger partial charge in [0.25, 0.3) is 5.91 Å². The Morgan fingerprint density at radius 2 is 1.58 bits per heavy atom. The molecule has 0 heterocycles. The van der Waals surface area contributed by atoms with Crippen LogP contribution in [0.1, 0.15) is 33.9 Å². The summed E-state index contributed by atoms with van der Waals surface area (Å²) in [4.78, 5) is 16.9. The normalized spacial score (nSPS) is 13.7. The fourth-order valence-corrected chi connectivity index (χ4v) is 3.52. The lowest BCUT2D eigenvalue weighted by atomic mass is 10.0. The molecule has 6 nitrogen and oxygen atoms in total. The molecule has 12 heteroatoms. The number of rotatable bonds is 6. The number of guanidine groups is 1. The topological polar surface area (TPSA) is 106 Å². The van der Waals surface area contributed by atoms with Crippen LogP contribution in [0.3, 0.4) is 0 Å². The predicted molar refractivity (Wildman–Crippen MR) is 132 cm³/mol. The molecular weight excluding hydrogens is 521 g/mol. The molecule has 0 saturated heterocycles. The molecule has 3 aromatic rings. The summed E-state index contributed by atoms with van der Waals surface area (Å²) in [6.45, 7) is 0. The molecule has 6 N–H and O–H groups in total. The molecule has 0 fully saturated rings. The fourth-order valence-electron chi connectivity index (χ4n) is 3.17. The van der Waals surface area contributed by atoms with Gasteiger partial charge in [0.2, 0.25) is 5.96 Å². The smallest absolute Gasteiger partial charge is 0.326 e. The van der Waals surface area contributed by atoms with Crippen LogP contribution in [0.5, 0.6) is 0 Å². The highest BCUT2D eigenvalue weighted by molar-refractivity contribution is 6.31. The number of hydrogen-bond donors (Lipinski definition) is 4. The maximum Gasteiger partial charge on any atom is 0.416 e. The first kappa shape index (κ1) is 27.4. The van der Waals surface area contributed by atoms with E-state index in [2.05, 4.69) is 15.6 Å². The van der Waals surface area contributed by atoms with E-state index in [1.807, 2.05) is 0 Å². The van der Waals surface area contributed by atoms with E-state index in [4.69, 9.17) is 34.7 Å². The Kier molecular flexibility index (Phi) is 8.91. The van der Waals surface area contributed by atoms with Crippen molar-refractivity contribution in [3.63, 3.8) is 0 Å². The van der Waals surface area contributed by atoms with Crippen LogP contribution in [0.15, 0.2) is 71.7 Å². The Morgan fingerprint density at radius 3 is 2.17 bits per heavy atom. The minimum atomic E-state index is -4.55. The van der Waals surface area contributed by atoms with E-state index in [9.17, 15) is 22.4 Å². The van der Waals surface area contributed by atoms with Gasteiger partial charge >= 0.3 is 6.18 Å². The van der Waals surface area contributed by atoms with E-state index in [1.165, 1.54) is 6.07 Å². The van der Waals surface area contributed by atoms with Crippen LogP contribution in [0.2, 0.25) is 10.0 Å². The Hall–Kier alpha value is -3.18. The highest BCUT2D eigenvalue weighted by atomic mass is 35.5. The number of halogens is 6. The first-order valence-electron chi connectivity index (χ1n) is 10.5. The summed E-state index contributed by atoms with van der Waals surface area (Å²) in [6.07, 6.45) is -5.31. The monoisotopic (exact) mass is 541 g/mol. The number of alkyl halides is 3. The average molecular weight is 542 g/mol. The number of nitrogens with one attached hydrogen (secondary N) is 2. The number of nitrogens with two attached hydrogens (primary N) is 2. The number of hydrogen-bond acceptors (Lipinski definition) is 4. The van der Waals surface area contributed by atoms with Crippen molar-refractivity contribution in [3.8, 4) is 0 Å². The third-order valence-corrected chi connectivity index (χ3v) is 5.39. The molecule has 190 valence electrons. The zero-order chi connectivity index (χ0) is 26.5. The summed E-state index contributed by atoms with van der Waals surface area (Å²) >= 11 is 11.8. The molecule has 2 unspecified atom stereocenters. The molecule has 0 aliphatic carbocycles. The van der Waals surface area contributed by atoms with Crippen LogP contribution in [0, 0.1) is 5.82 Å². The first-order chi connectivity index (χ1) is 16.9. The number of carbonyl (C=O) groups excluding carboxylic acids is 1. The molecule has 0 saturated carbocycles. The van der Waals surface area contributed by atoms with Gasteiger partial charge < -0.3 is 16.8 Å². The van der Waals surface area contributed by atoms with Crippen molar-refractivity contribution in [2.75, 3.05) is 5.32 Å². The Balaban J connectivity index is 1.82. The Labute approximate surface area is 214 Å².